The number of hydrogen-bond acceptors (Lipinski definition) is 4. The second-order valence-corrected chi connectivity index (χ2v) is 6.96. The molecule has 1 aliphatic rings. The first-order valence-electron chi connectivity index (χ1n) is 8.36. The van der Waals surface area contributed by atoms with Crippen molar-refractivity contribution < 1.29 is 14.3 Å². The molecule has 2 aromatic rings. The first-order chi connectivity index (χ1) is 11.7. The van der Waals surface area contributed by atoms with E-state index in [2.05, 4.69) is 17.4 Å². The van der Waals surface area contributed by atoms with Gasteiger partial charge in [-0.05, 0) is 48.9 Å². The van der Waals surface area contributed by atoms with Crippen LogP contribution in [0.15, 0.2) is 41.8 Å². The third-order valence-electron chi connectivity index (χ3n) is 4.56. The lowest BCUT2D eigenvalue weighted by Gasteiger charge is -2.38. The largest absolute Gasteiger partial charge is 0.494 e. The van der Waals surface area contributed by atoms with Crippen LogP contribution in [0, 0.1) is 0 Å². The van der Waals surface area contributed by atoms with E-state index in [0.29, 0.717) is 13.2 Å². The molecule has 1 amide bonds. The molecule has 1 N–H and O–H groups in total. The van der Waals surface area contributed by atoms with Crippen LogP contribution in [0.1, 0.15) is 35.0 Å². The minimum Gasteiger partial charge on any atom is -0.494 e. The summed E-state index contributed by atoms with van der Waals surface area (Å²) < 4.78 is 11.1. The fourth-order valence-corrected chi connectivity index (χ4v) is 3.79. The van der Waals surface area contributed by atoms with E-state index in [-0.39, 0.29) is 11.3 Å². The Kier molecular flexibility index (Phi) is 5.53. The number of carbonyl (C=O) groups excluding carboxylic acids is 1. The van der Waals surface area contributed by atoms with E-state index in [4.69, 9.17) is 9.47 Å². The molecule has 0 unspecified atom stereocenters. The van der Waals surface area contributed by atoms with Gasteiger partial charge in [-0.2, -0.15) is 0 Å². The number of carbonyl (C=O) groups is 1. The van der Waals surface area contributed by atoms with E-state index in [0.717, 1.165) is 36.7 Å². The van der Waals surface area contributed by atoms with E-state index in [9.17, 15) is 4.79 Å². The Morgan fingerprint density at radius 1 is 1.25 bits per heavy atom. The quantitative estimate of drug-likeness (QED) is 0.870. The fourth-order valence-electron chi connectivity index (χ4n) is 3.15. The molecular formula is C19H23NO3S. The zero-order valence-electron chi connectivity index (χ0n) is 13.9. The summed E-state index contributed by atoms with van der Waals surface area (Å²) in [5, 5.41) is 5.04. The maximum absolute atomic E-state index is 12.3. The standard InChI is InChI=1S/C19H23NO3S/c1-2-23-16-7-5-15(6-8-16)19(9-11-22-12-10-19)14-20-18(21)17-4-3-13-24-17/h3-8,13H,2,9-12,14H2,1H3,(H,20,21). The van der Waals surface area contributed by atoms with Crippen LogP contribution >= 0.6 is 11.3 Å². The fraction of sp³-hybridized carbons (Fsp3) is 0.421. The summed E-state index contributed by atoms with van der Waals surface area (Å²) in [4.78, 5) is 13.1. The summed E-state index contributed by atoms with van der Waals surface area (Å²) in [6, 6.07) is 12.0. The van der Waals surface area contributed by atoms with Crippen molar-refractivity contribution in [3.05, 3.63) is 52.2 Å². The monoisotopic (exact) mass is 345 g/mol. The Balaban J connectivity index is 1.75. The molecule has 1 aliphatic heterocycles. The van der Waals surface area contributed by atoms with Gasteiger partial charge >= 0.3 is 0 Å². The predicted molar refractivity (Wildman–Crippen MR) is 96.0 cm³/mol. The molecule has 0 spiro atoms. The highest BCUT2D eigenvalue weighted by atomic mass is 32.1. The van der Waals surface area contributed by atoms with Gasteiger partial charge < -0.3 is 14.8 Å². The summed E-state index contributed by atoms with van der Waals surface area (Å²) in [5.74, 6) is 0.882. The lowest BCUT2D eigenvalue weighted by Crippen LogP contribution is -2.44. The zero-order chi connectivity index (χ0) is 16.8. The van der Waals surface area contributed by atoms with Crippen molar-refractivity contribution in [3.63, 3.8) is 0 Å². The third kappa shape index (κ3) is 3.79. The van der Waals surface area contributed by atoms with Crippen molar-refractivity contribution in [2.75, 3.05) is 26.4 Å². The lowest BCUT2D eigenvalue weighted by molar-refractivity contribution is 0.0487. The highest BCUT2D eigenvalue weighted by molar-refractivity contribution is 7.12. The highest BCUT2D eigenvalue weighted by Crippen LogP contribution is 2.35. The van der Waals surface area contributed by atoms with Gasteiger partial charge in [-0.1, -0.05) is 18.2 Å². The van der Waals surface area contributed by atoms with Crippen LogP contribution in [0.2, 0.25) is 0 Å². The van der Waals surface area contributed by atoms with E-state index < -0.39 is 0 Å². The van der Waals surface area contributed by atoms with Crippen molar-refractivity contribution in [1.29, 1.82) is 0 Å². The van der Waals surface area contributed by atoms with Crippen LogP contribution in [0.25, 0.3) is 0 Å². The van der Waals surface area contributed by atoms with Crippen LogP contribution in [0.3, 0.4) is 0 Å². The molecule has 24 heavy (non-hydrogen) atoms. The molecule has 0 saturated carbocycles. The molecule has 2 heterocycles. The van der Waals surface area contributed by atoms with Gasteiger partial charge in [-0.3, -0.25) is 4.79 Å². The van der Waals surface area contributed by atoms with Gasteiger partial charge in [0.2, 0.25) is 0 Å². The van der Waals surface area contributed by atoms with E-state index in [1.54, 1.807) is 0 Å². The smallest absolute Gasteiger partial charge is 0.261 e. The molecule has 5 heteroatoms. The molecule has 1 saturated heterocycles. The van der Waals surface area contributed by atoms with Gasteiger partial charge in [-0.25, -0.2) is 0 Å². The van der Waals surface area contributed by atoms with Gasteiger partial charge in [0.05, 0.1) is 11.5 Å². The maximum Gasteiger partial charge on any atom is 0.261 e. The molecule has 4 nitrogen and oxygen atoms in total. The number of hydrogen-bond donors (Lipinski definition) is 1. The lowest BCUT2D eigenvalue weighted by atomic mass is 9.74. The number of rotatable bonds is 6. The molecule has 3 rings (SSSR count). The number of amides is 1. The predicted octanol–water partition coefficient (Wildman–Crippen LogP) is 3.63. The third-order valence-corrected chi connectivity index (χ3v) is 5.43. The van der Waals surface area contributed by atoms with Gasteiger partial charge in [0.1, 0.15) is 5.75 Å². The average Bonchev–Trinajstić information content (AvgIpc) is 3.16. The Labute approximate surface area is 146 Å². The van der Waals surface area contributed by atoms with Gasteiger partial charge in [0, 0.05) is 25.2 Å². The summed E-state index contributed by atoms with van der Waals surface area (Å²) >= 11 is 1.47. The van der Waals surface area contributed by atoms with Crippen LogP contribution in [0.5, 0.6) is 5.75 Å². The number of nitrogens with one attached hydrogen (secondary N) is 1. The topological polar surface area (TPSA) is 47.6 Å². The molecule has 0 atom stereocenters. The van der Waals surface area contributed by atoms with Crippen molar-refractivity contribution in [1.82, 2.24) is 5.32 Å². The molecule has 0 aliphatic carbocycles. The van der Waals surface area contributed by atoms with Crippen LogP contribution < -0.4 is 10.1 Å². The van der Waals surface area contributed by atoms with Crippen LogP contribution in [-0.2, 0) is 10.2 Å². The Hall–Kier alpha value is -1.85. The molecule has 128 valence electrons. The minimum absolute atomic E-state index is 0.00167. The minimum atomic E-state index is -0.0735. The van der Waals surface area contributed by atoms with Crippen LogP contribution in [0.4, 0.5) is 0 Å². The molecule has 0 bridgehead atoms. The second-order valence-electron chi connectivity index (χ2n) is 6.01. The average molecular weight is 345 g/mol. The SMILES string of the molecule is CCOc1ccc(C2(CNC(=O)c3cccs3)CCOCC2)cc1. The van der Waals surface area contributed by atoms with Gasteiger partial charge in [-0.15, -0.1) is 11.3 Å². The first kappa shape index (κ1) is 17.0. The van der Waals surface area contributed by atoms with Gasteiger partial charge in [0.15, 0.2) is 0 Å². The number of thiophene rings is 1. The Morgan fingerprint density at radius 2 is 2.00 bits per heavy atom. The van der Waals surface area contributed by atoms with E-state index in [1.165, 1.54) is 16.9 Å². The van der Waals surface area contributed by atoms with Gasteiger partial charge in [0.25, 0.3) is 5.91 Å². The van der Waals surface area contributed by atoms with Crippen molar-refractivity contribution in [3.8, 4) is 5.75 Å². The molecule has 0 radical (unpaired) electrons. The van der Waals surface area contributed by atoms with E-state index in [1.807, 2.05) is 36.6 Å². The normalized spacial score (nSPS) is 16.5. The Morgan fingerprint density at radius 3 is 2.62 bits per heavy atom. The zero-order valence-corrected chi connectivity index (χ0v) is 14.7. The van der Waals surface area contributed by atoms with Crippen molar-refractivity contribution in [2.24, 2.45) is 0 Å². The second kappa shape index (κ2) is 7.81. The summed E-state index contributed by atoms with van der Waals surface area (Å²) in [7, 11) is 0. The van der Waals surface area contributed by atoms with Crippen molar-refractivity contribution in [2.45, 2.75) is 25.2 Å². The highest BCUT2D eigenvalue weighted by Gasteiger charge is 2.35. The van der Waals surface area contributed by atoms with Crippen LogP contribution in [-0.4, -0.2) is 32.3 Å². The molecule has 1 aromatic heterocycles. The number of benzene rings is 1. The summed E-state index contributed by atoms with van der Waals surface area (Å²) in [6.07, 6.45) is 1.82. The Bertz CT molecular complexity index is 646. The molecule has 1 fully saturated rings. The first-order valence-corrected chi connectivity index (χ1v) is 9.24. The molecular weight excluding hydrogens is 322 g/mol. The van der Waals surface area contributed by atoms with E-state index >= 15 is 0 Å². The summed E-state index contributed by atoms with van der Waals surface area (Å²) in [6.45, 7) is 4.72. The number of ether oxygens (including phenoxy) is 2. The maximum atomic E-state index is 12.3. The van der Waals surface area contributed by atoms with Crippen molar-refractivity contribution >= 4 is 17.2 Å². The molecule has 1 aromatic carbocycles. The summed E-state index contributed by atoms with van der Waals surface area (Å²) in [5.41, 5.74) is 1.16.